The number of piperidine rings is 1. The standard InChI is InChI=1S/C26H31BrN4O3/c1-25(2)14-26(25,30-24(33)34-3)23(32)31-20(10-18-11-22(18)31)12-29-13-21(28)17-5-4-16-9-19(27)7-6-15(16)8-17/h4-9,13,18,20,22,29H,10-12,14,28H2,1-3H3,(H,30,33)/b21-13-/t18-,20-,22+,26?/m0/s1. The lowest BCUT2D eigenvalue weighted by atomic mass is 10.0. The summed E-state index contributed by atoms with van der Waals surface area (Å²) in [6.45, 7) is 4.65. The predicted molar refractivity (Wildman–Crippen MR) is 136 cm³/mol. The molecule has 0 spiro atoms. The van der Waals surface area contributed by atoms with Gasteiger partial charge in [0, 0.05) is 29.3 Å². The molecule has 8 heteroatoms. The van der Waals surface area contributed by atoms with Gasteiger partial charge in [0.05, 0.1) is 12.8 Å². The largest absolute Gasteiger partial charge is 0.453 e. The minimum Gasteiger partial charge on any atom is -0.453 e. The number of amides is 2. The lowest BCUT2D eigenvalue weighted by Crippen LogP contribution is -2.56. The average molecular weight is 527 g/mol. The van der Waals surface area contributed by atoms with Crippen molar-refractivity contribution in [1.82, 2.24) is 15.5 Å². The van der Waals surface area contributed by atoms with Crippen molar-refractivity contribution in [3.63, 3.8) is 0 Å². The third-order valence-electron chi connectivity index (χ3n) is 7.80. The van der Waals surface area contributed by atoms with Crippen molar-refractivity contribution in [2.45, 2.75) is 50.7 Å². The zero-order chi connectivity index (χ0) is 24.3. The summed E-state index contributed by atoms with van der Waals surface area (Å²) in [4.78, 5) is 27.7. The second-order valence-corrected chi connectivity index (χ2v) is 11.4. The molecule has 4 N–H and O–H groups in total. The van der Waals surface area contributed by atoms with Crippen LogP contribution in [0.4, 0.5) is 4.79 Å². The first kappa shape index (κ1) is 23.0. The molecule has 2 aliphatic carbocycles. The monoisotopic (exact) mass is 526 g/mol. The molecule has 3 fully saturated rings. The Balaban J connectivity index is 1.27. The molecular weight excluding hydrogens is 496 g/mol. The first-order chi connectivity index (χ1) is 16.1. The second-order valence-electron chi connectivity index (χ2n) is 10.5. The molecule has 4 atom stereocenters. The second kappa shape index (κ2) is 8.18. The van der Waals surface area contributed by atoms with Gasteiger partial charge in [-0.25, -0.2) is 4.79 Å². The van der Waals surface area contributed by atoms with Gasteiger partial charge in [0.1, 0.15) is 5.54 Å². The van der Waals surface area contributed by atoms with Gasteiger partial charge in [0.2, 0.25) is 5.91 Å². The number of hydrogen-bond donors (Lipinski definition) is 3. The summed E-state index contributed by atoms with van der Waals surface area (Å²) >= 11 is 3.51. The van der Waals surface area contributed by atoms with Gasteiger partial charge in [-0.15, -0.1) is 0 Å². The highest BCUT2D eigenvalue weighted by Gasteiger charge is 2.71. The van der Waals surface area contributed by atoms with Gasteiger partial charge in [-0.3, -0.25) is 4.79 Å². The van der Waals surface area contributed by atoms with Gasteiger partial charge in [-0.05, 0) is 65.1 Å². The fraction of sp³-hybridized carbons (Fsp3) is 0.462. The van der Waals surface area contributed by atoms with Crippen LogP contribution in [0, 0.1) is 11.3 Å². The van der Waals surface area contributed by atoms with E-state index in [1.54, 1.807) is 0 Å². The van der Waals surface area contributed by atoms with Gasteiger partial charge in [-0.2, -0.15) is 0 Å². The van der Waals surface area contributed by atoms with Gasteiger partial charge < -0.3 is 26.0 Å². The number of benzene rings is 2. The lowest BCUT2D eigenvalue weighted by Gasteiger charge is -2.33. The molecule has 1 saturated heterocycles. The number of likely N-dealkylation sites (tertiary alicyclic amines) is 1. The molecule has 1 aliphatic heterocycles. The molecule has 1 unspecified atom stereocenters. The number of halogens is 1. The van der Waals surface area contributed by atoms with Crippen molar-refractivity contribution >= 4 is 44.4 Å². The van der Waals surface area contributed by atoms with Crippen LogP contribution in [0.3, 0.4) is 0 Å². The molecule has 2 aromatic rings. The Morgan fingerprint density at radius 1 is 1.21 bits per heavy atom. The highest BCUT2D eigenvalue weighted by atomic mass is 79.9. The average Bonchev–Trinajstić information content (AvgIpc) is 3.64. The molecular formula is C26H31BrN4O3. The third kappa shape index (κ3) is 3.91. The van der Waals surface area contributed by atoms with E-state index in [0.717, 1.165) is 33.7 Å². The summed E-state index contributed by atoms with van der Waals surface area (Å²) in [5.74, 6) is 0.561. The van der Waals surface area contributed by atoms with Crippen LogP contribution in [-0.4, -0.2) is 48.2 Å². The minimum atomic E-state index is -0.884. The van der Waals surface area contributed by atoms with Crippen molar-refractivity contribution in [2.24, 2.45) is 17.1 Å². The van der Waals surface area contributed by atoms with Crippen LogP contribution in [0.5, 0.6) is 0 Å². The Morgan fingerprint density at radius 2 is 1.91 bits per heavy atom. The molecule has 3 aliphatic rings. The fourth-order valence-electron chi connectivity index (χ4n) is 5.54. The lowest BCUT2D eigenvalue weighted by molar-refractivity contribution is -0.137. The molecule has 0 aromatic heterocycles. The van der Waals surface area contributed by atoms with E-state index in [0.29, 0.717) is 24.6 Å². The molecule has 5 rings (SSSR count). The van der Waals surface area contributed by atoms with Crippen molar-refractivity contribution in [3.8, 4) is 0 Å². The van der Waals surface area contributed by atoms with Crippen molar-refractivity contribution < 1.29 is 14.3 Å². The Labute approximate surface area is 208 Å². The summed E-state index contributed by atoms with van der Waals surface area (Å²) in [5, 5.41) is 8.48. The molecule has 2 aromatic carbocycles. The van der Waals surface area contributed by atoms with Crippen LogP contribution >= 0.6 is 15.9 Å². The van der Waals surface area contributed by atoms with E-state index in [4.69, 9.17) is 10.5 Å². The predicted octanol–water partition coefficient (Wildman–Crippen LogP) is 3.96. The highest BCUT2D eigenvalue weighted by Crippen LogP contribution is 2.59. The number of ether oxygens (including phenoxy) is 1. The number of methoxy groups -OCH3 is 1. The van der Waals surface area contributed by atoms with E-state index in [9.17, 15) is 9.59 Å². The number of nitrogens with one attached hydrogen (secondary N) is 2. The van der Waals surface area contributed by atoms with E-state index in [-0.39, 0.29) is 23.4 Å². The number of carbonyl (C=O) groups is 2. The Bertz CT molecular complexity index is 1200. The molecule has 34 heavy (non-hydrogen) atoms. The molecule has 0 bridgehead atoms. The van der Waals surface area contributed by atoms with Crippen molar-refractivity contribution in [1.29, 1.82) is 0 Å². The molecule has 2 saturated carbocycles. The topological polar surface area (TPSA) is 96.7 Å². The smallest absolute Gasteiger partial charge is 0.407 e. The van der Waals surface area contributed by atoms with Crippen LogP contribution < -0.4 is 16.4 Å². The van der Waals surface area contributed by atoms with E-state index < -0.39 is 11.6 Å². The third-order valence-corrected chi connectivity index (χ3v) is 8.29. The van der Waals surface area contributed by atoms with Gasteiger partial charge in [0.25, 0.3) is 0 Å². The normalized spacial score (nSPS) is 28.9. The fourth-order valence-corrected chi connectivity index (χ4v) is 5.92. The summed E-state index contributed by atoms with van der Waals surface area (Å²) in [5.41, 5.74) is 6.79. The SMILES string of the molecule is COC(=O)NC1(C(=O)N2[C@H](CN/C=C(\N)c3ccc4cc(Br)ccc4c3)C[C@H]3C[C@H]32)CC1(C)C. The highest BCUT2D eigenvalue weighted by molar-refractivity contribution is 9.10. The van der Waals surface area contributed by atoms with E-state index >= 15 is 0 Å². The number of carbonyl (C=O) groups excluding carboxylic acids is 2. The minimum absolute atomic E-state index is 0.0114. The summed E-state index contributed by atoms with van der Waals surface area (Å²) in [7, 11) is 1.33. The van der Waals surface area contributed by atoms with E-state index in [1.165, 1.54) is 7.11 Å². The number of nitrogens with two attached hydrogens (primary N) is 1. The van der Waals surface area contributed by atoms with Crippen LogP contribution in [0.15, 0.2) is 47.1 Å². The Hall–Kier alpha value is -2.74. The van der Waals surface area contributed by atoms with Crippen molar-refractivity contribution in [3.05, 3.63) is 52.6 Å². The summed E-state index contributed by atoms with van der Waals surface area (Å²) in [6, 6.07) is 12.7. The first-order valence-electron chi connectivity index (χ1n) is 11.7. The number of fused-ring (bicyclic) bond motifs is 2. The maximum Gasteiger partial charge on any atom is 0.407 e. The van der Waals surface area contributed by atoms with Crippen LogP contribution in [0.1, 0.15) is 38.7 Å². The number of hydrogen-bond acceptors (Lipinski definition) is 5. The Morgan fingerprint density at radius 3 is 2.62 bits per heavy atom. The quantitative estimate of drug-likeness (QED) is 0.529. The molecule has 1 heterocycles. The number of nitrogens with zero attached hydrogens (tertiary/aromatic N) is 1. The Kier molecular flexibility index (Phi) is 5.54. The summed E-state index contributed by atoms with van der Waals surface area (Å²) < 4.78 is 5.85. The van der Waals surface area contributed by atoms with Crippen LogP contribution in [0.2, 0.25) is 0 Å². The van der Waals surface area contributed by atoms with E-state index in [2.05, 4.69) is 50.8 Å². The van der Waals surface area contributed by atoms with Gasteiger partial charge >= 0.3 is 6.09 Å². The zero-order valence-corrected chi connectivity index (χ0v) is 21.3. The summed E-state index contributed by atoms with van der Waals surface area (Å²) in [6.07, 6.45) is 3.90. The molecule has 180 valence electrons. The molecule has 2 amide bonds. The zero-order valence-electron chi connectivity index (χ0n) is 19.7. The van der Waals surface area contributed by atoms with Crippen LogP contribution in [0.25, 0.3) is 16.5 Å². The molecule has 7 nitrogen and oxygen atoms in total. The van der Waals surface area contributed by atoms with Crippen LogP contribution in [-0.2, 0) is 9.53 Å². The maximum atomic E-state index is 13.7. The van der Waals surface area contributed by atoms with Crippen molar-refractivity contribution in [2.75, 3.05) is 13.7 Å². The van der Waals surface area contributed by atoms with Gasteiger partial charge in [0.15, 0.2) is 0 Å². The van der Waals surface area contributed by atoms with Gasteiger partial charge in [-0.1, -0.05) is 48.0 Å². The number of rotatable bonds is 6. The maximum absolute atomic E-state index is 13.7. The first-order valence-corrected chi connectivity index (χ1v) is 12.5. The number of alkyl carbamates (subject to hydrolysis) is 1. The van der Waals surface area contributed by atoms with E-state index in [1.807, 2.05) is 37.1 Å². The molecule has 0 radical (unpaired) electrons.